The maximum absolute atomic E-state index is 2.55. The molecule has 0 radical (unpaired) electrons. The average molecular weight is 774 g/mol. The van der Waals surface area contributed by atoms with Gasteiger partial charge in [-0.25, -0.2) is 0 Å². The number of hydrogen-bond acceptors (Lipinski definition) is 1. The monoisotopic (exact) mass is 773 g/mol. The summed E-state index contributed by atoms with van der Waals surface area (Å²) in [5.41, 5.74) is 27.3. The van der Waals surface area contributed by atoms with Crippen LogP contribution in [-0.4, -0.2) is 0 Å². The summed E-state index contributed by atoms with van der Waals surface area (Å²) < 4.78 is 0. The third-order valence-corrected chi connectivity index (χ3v) is 15.3. The Morgan fingerprint density at radius 3 is 1.60 bits per heavy atom. The first-order valence-corrected chi connectivity index (χ1v) is 22.1. The summed E-state index contributed by atoms with van der Waals surface area (Å²) in [7, 11) is 0. The number of fused-ring (bicyclic) bond motifs is 10. The lowest BCUT2D eigenvalue weighted by atomic mass is 9.58. The van der Waals surface area contributed by atoms with Gasteiger partial charge >= 0.3 is 0 Å². The fourth-order valence-electron chi connectivity index (χ4n) is 12.2. The number of nitrogens with zero attached hydrogens (tertiary/aromatic N) is 1. The molecule has 1 heteroatoms. The second-order valence-electron chi connectivity index (χ2n) is 19.6. The van der Waals surface area contributed by atoms with Gasteiger partial charge in [-0.1, -0.05) is 157 Å². The van der Waals surface area contributed by atoms with Gasteiger partial charge in [-0.15, -0.1) is 0 Å². The van der Waals surface area contributed by atoms with Crippen LogP contribution in [0.3, 0.4) is 0 Å². The van der Waals surface area contributed by atoms with Gasteiger partial charge in [0.2, 0.25) is 0 Å². The molecular weight excluding hydrogens is 723 g/mol. The molecule has 292 valence electrons. The molecule has 0 fully saturated rings. The SMILES string of the molecule is CC1(C)C2=CCCC=C2C2Cc3ccc(-c4ccc(N(c5ccc6c(c5)C(C)(C)c5ccccc5-6)c5ccc6c(c5)C(C)(C)c5ccccc5-6)cc4)cc3-c3cccc1c32. The fourth-order valence-corrected chi connectivity index (χ4v) is 12.2. The zero-order chi connectivity index (χ0) is 40.7. The van der Waals surface area contributed by atoms with Crippen molar-refractivity contribution in [1.29, 1.82) is 0 Å². The van der Waals surface area contributed by atoms with Crippen molar-refractivity contribution < 1.29 is 0 Å². The van der Waals surface area contributed by atoms with Crippen LogP contribution in [0.15, 0.2) is 169 Å². The molecule has 0 saturated carbocycles. The van der Waals surface area contributed by atoms with Crippen LogP contribution in [-0.2, 0) is 22.7 Å². The van der Waals surface area contributed by atoms with E-state index in [0.717, 1.165) is 24.9 Å². The molecule has 0 bridgehead atoms. The van der Waals surface area contributed by atoms with Crippen LogP contribution in [0, 0.1) is 0 Å². The van der Waals surface area contributed by atoms with E-state index >= 15 is 0 Å². The van der Waals surface area contributed by atoms with Crippen LogP contribution >= 0.6 is 0 Å². The highest BCUT2D eigenvalue weighted by atomic mass is 15.1. The van der Waals surface area contributed by atoms with Gasteiger partial charge in [-0.3, -0.25) is 0 Å². The lowest BCUT2D eigenvalue weighted by molar-refractivity contribution is 0.555. The summed E-state index contributed by atoms with van der Waals surface area (Å²) in [4.78, 5) is 2.48. The van der Waals surface area contributed by atoms with Gasteiger partial charge in [-0.2, -0.15) is 0 Å². The van der Waals surface area contributed by atoms with Crippen LogP contribution in [0.2, 0.25) is 0 Å². The summed E-state index contributed by atoms with van der Waals surface area (Å²) in [6.45, 7) is 14.4. The van der Waals surface area contributed by atoms with E-state index in [2.05, 4.69) is 204 Å². The van der Waals surface area contributed by atoms with Crippen molar-refractivity contribution in [2.45, 2.75) is 83.0 Å². The zero-order valence-electron chi connectivity index (χ0n) is 35.7. The highest BCUT2D eigenvalue weighted by Crippen LogP contribution is 2.58. The van der Waals surface area contributed by atoms with Gasteiger partial charge in [0, 0.05) is 39.2 Å². The van der Waals surface area contributed by atoms with E-state index in [1.807, 2.05) is 0 Å². The van der Waals surface area contributed by atoms with Crippen LogP contribution < -0.4 is 4.90 Å². The Bertz CT molecular complexity index is 2930. The standard InChI is InChI=1S/C59H51N/c1-57(2)52-20-12-9-16-44(52)49-33-38-23-22-37(32-48(38)47-17-13-21-53(57)56(47)49)36-24-26-39(27-25-36)60(40-28-30-45-42-14-7-10-18-50(42)58(3,4)54(45)34-40)41-29-31-46-43-15-8-11-19-51(43)59(5,6)55(46)35-41/h7-8,10-11,13-32,34-35,49H,9,12,33H2,1-6H3. The van der Waals surface area contributed by atoms with E-state index in [1.165, 1.54) is 89.3 Å². The summed E-state index contributed by atoms with van der Waals surface area (Å²) in [6, 6.07) is 55.9. The molecule has 7 aromatic carbocycles. The molecule has 0 aromatic heterocycles. The molecule has 0 aliphatic heterocycles. The summed E-state index contributed by atoms with van der Waals surface area (Å²) in [5, 5.41) is 0. The topological polar surface area (TPSA) is 3.24 Å². The van der Waals surface area contributed by atoms with Gasteiger partial charge in [0.15, 0.2) is 0 Å². The minimum atomic E-state index is -0.0917. The summed E-state index contributed by atoms with van der Waals surface area (Å²) >= 11 is 0. The first-order valence-electron chi connectivity index (χ1n) is 22.1. The number of hydrogen-bond donors (Lipinski definition) is 0. The van der Waals surface area contributed by atoms with E-state index < -0.39 is 0 Å². The maximum Gasteiger partial charge on any atom is 0.0465 e. The van der Waals surface area contributed by atoms with Crippen molar-refractivity contribution >= 4 is 17.1 Å². The number of benzene rings is 7. The quantitative estimate of drug-likeness (QED) is 0.172. The van der Waals surface area contributed by atoms with E-state index in [4.69, 9.17) is 0 Å². The summed E-state index contributed by atoms with van der Waals surface area (Å²) in [5.74, 6) is 0.442. The second-order valence-corrected chi connectivity index (χ2v) is 19.6. The molecule has 7 aromatic rings. The third kappa shape index (κ3) is 4.87. The molecule has 60 heavy (non-hydrogen) atoms. The van der Waals surface area contributed by atoms with Gasteiger partial charge in [0.25, 0.3) is 0 Å². The van der Waals surface area contributed by atoms with Gasteiger partial charge in [-0.05, 0) is 156 Å². The molecule has 0 spiro atoms. The molecule has 0 heterocycles. The van der Waals surface area contributed by atoms with Gasteiger partial charge in [0.05, 0.1) is 0 Å². The average Bonchev–Trinajstić information content (AvgIpc) is 3.64. The predicted octanol–water partition coefficient (Wildman–Crippen LogP) is 15.7. The van der Waals surface area contributed by atoms with Crippen LogP contribution in [0.4, 0.5) is 17.1 Å². The first kappa shape index (κ1) is 35.7. The Hall–Kier alpha value is -6.18. The highest BCUT2D eigenvalue weighted by molar-refractivity contribution is 5.89. The van der Waals surface area contributed by atoms with Crippen molar-refractivity contribution in [2.75, 3.05) is 4.90 Å². The van der Waals surface area contributed by atoms with E-state index in [0.29, 0.717) is 5.92 Å². The lowest BCUT2D eigenvalue weighted by Crippen LogP contribution is -2.34. The Labute approximate surface area is 355 Å². The number of allylic oxidation sites excluding steroid dienone is 4. The molecule has 0 N–H and O–H groups in total. The molecule has 0 amide bonds. The maximum atomic E-state index is 2.55. The minimum Gasteiger partial charge on any atom is -0.310 e. The minimum absolute atomic E-state index is 0.0159. The van der Waals surface area contributed by atoms with Gasteiger partial charge < -0.3 is 4.90 Å². The van der Waals surface area contributed by atoms with Crippen molar-refractivity contribution in [3.63, 3.8) is 0 Å². The predicted molar refractivity (Wildman–Crippen MR) is 252 cm³/mol. The summed E-state index contributed by atoms with van der Waals surface area (Å²) in [6.07, 6.45) is 8.46. The van der Waals surface area contributed by atoms with Crippen LogP contribution in [0.25, 0.3) is 44.5 Å². The molecule has 1 nitrogen and oxygen atoms in total. The molecule has 0 saturated heterocycles. The van der Waals surface area contributed by atoms with Crippen LogP contribution in [0.1, 0.15) is 99.2 Å². The smallest absolute Gasteiger partial charge is 0.0465 e. The van der Waals surface area contributed by atoms with Crippen molar-refractivity contribution in [2.24, 2.45) is 0 Å². The molecular formula is C59H51N. The Morgan fingerprint density at radius 1 is 0.417 bits per heavy atom. The second kappa shape index (κ2) is 12.4. The Kier molecular flexibility index (Phi) is 7.40. The highest BCUT2D eigenvalue weighted by Gasteiger charge is 2.44. The van der Waals surface area contributed by atoms with Crippen LogP contribution in [0.5, 0.6) is 0 Å². The van der Waals surface area contributed by atoms with Gasteiger partial charge in [0.1, 0.15) is 0 Å². The molecule has 1 unspecified atom stereocenters. The van der Waals surface area contributed by atoms with E-state index in [9.17, 15) is 0 Å². The van der Waals surface area contributed by atoms with Crippen molar-refractivity contribution in [3.8, 4) is 44.5 Å². The number of anilines is 3. The Morgan fingerprint density at radius 2 is 0.950 bits per heavy atom. The normalized spacial score (nSPS) is 18.7. The van der Waals surface area contributed by atoms with Crippen molar-refractivity contribution in [1.82, 2.24) is 0 Å². The van der Waals surface area contributed by atoms with Crippen molar-refractivity contribution in [3.05, 3.63) is 208 Å². The Balaban J connectivity index is 0.963. The molecule has 5 aliphatic carbocycles. The molecule has 12 rings (SSSR count). The lowest BCUT2D eigenvalue weighted by Gasteiger charge is -2.46. The first-order chi connectivity index (χ1) is 29.0. The van der Waals surface area contributed by atoms with E-state index in [1.54, 1.807) is 16.7 Å². The third-order valence-electron chi connectivity index (χ3n) is 15.3. The fraction of sp³-hybridized carbons (Fsp3) is 0.220. The molecule has 5 aliphatic rings. The largest absolute Gasteiger partial charge is 0.310 e. The molecule has 1 atom stereocenters. The zero-order valence-corrected chi connectivity index (χ0v) is 35.7. The van der Waals surface area contributed by atoms with E-state index in [-0.39, 0.29) is 16.2 Å². The number of rotatable bonds is 4.